The summed E-state index contributed by atoms with van der Waals surface area (Å²) in [5.74, 6) is 1.56. The van der Waals surface area contributed by atoms with E-state index < -0.39 is 15.6 Å². The van der Waals surface area contributed by atoms with E-state index in [1.807, 2.05) is 0 Å². The third-order valence-corrected chi connectivity index (χ3v) is 7.90. The largest absolute Gasteiger partial charge is 0.354 e. The van der Waals surface area contributed by atoms with Gasteiger partial charge < -0.3 is 19.7 Å². The van der Waals surface area contributed by atoms with Crippen molar-refractivity contribution in [3.8, 4) is 0 Å². The van der Waals surface area contributed by atoms with Crippen molar-refractivity contribution in [3.05, 3.63) is 0 Å². The monoisotopic (exact) mass is 513 g/mol. The highest BCUT2D eigenvalue weighted by Gasteiger charge is 2.42. The average Bonchev–Trinajstić information content (AvgIpc) is 3.22. The summed E-state index contributed by atoms with van der Waals surface area (Å²) in [7, 11) is -2.84. The van der Waals surface area contributed by atoms with Crippen molar-refractivity contribution in [2.75, 3.05) is 44.4 Å². The summed E-state index contributed by atoms with van der Waals surface area (Å²) >= 11 is 0. The molecule has 1 N–H and O–H groups in total. The normalized spacial score (nSPS) is 32.9. The minimum atomic E-state index is -2.84. The van der Waals surface area contributed by atoms with Crippen LogP contribution in [-0.2, 0) is 19.3 Å². The Balaban J connectivity index is 0.00000210. The van der Waals surface area contributed by atoms with Crippen LogP contribution in [0.1, 0.15) is 39.0 Å². The molecule has 3 saturated heterocycles. The van der Waals surface area contributed by atoms with Gasteiger partial charge in [0, 0.05) is 31.6 Å². The Morgan fingerprint density at radius 1 is 1.22 bits per heavy atom. The lowest BCUT2D eigenvalue weighted by molar-refractivity contribution is -0.189. The van der Waals surface area contributed by atoms with Crippen LogP contribution in [0.4, 0.5) is 0 Å². The molecule has 2 unspecified atom stereocenters. The van der Waals surface area contributed by atoms with Gasteiger partial charge in [0.2, 0.25) is 0 Å². The number of aliphatic imine (C=N–C) groups is 1. The summed E-state index contributed by atoms with van der Waals surface area (Å²) in [6, 6.07) is 0.524. The number of sulfone groups is 1. The topological polar surface area (TPSA) is 80.2 Å². The van der Waals surface area contributed by atoms with Gasteiger partial charge in [-0.3, -0.25) is 4.99 Å². The quantitative estimate of drug-likeness (QED) is 0.350. The lowest BCUT2D eigenvalue weighted by Crippen LogP contribution is -2.52. The number of guanidine groups is 1. The molecular weight excluding hydrogens is 481 g/mol. The molecule has 4 aliphatic rings. The summed E-state index contributed by atoms with van der Waals surface area (Å²) in [6.45, 7) is 5.85. The van der Waals surface area contributed by atoms with Crippen molar-refractivity contribution < 1.29 is 17.9 Å². The Bertz CT molecular complexity index is 647. The van der Waals surface area contributed by atoms with Crippen molar-refractivity contribution in [2.24, 2.45) is 16.8 Å². The highest BCUT2D eigenvalue weighted by molar-refractivity contribution is 14.0. The number of hydrogen-bond acceptors (Lipinski definition) is 5. The number of hydrogen-bond donors (Lipinski definition) is 1. The number of piperidine rings is 1. The minimum absolute atomic E-state index is 0. The molecule has 4 rings (SSSR count). The summed E-state index contributed by atoms with van der Waals surface area (Å²) in [5, 5.41) is 3.57. The highest BCUT2D eigenvalue weighted by atomic mass is 127. The van der Waals surface area contributed by atoms with E-state index in [0.717, 1.165) is 38.3 Å². The van der Waals surface area contributed by atoms with Crippen LogP contribution in [-0.4, -0.2) is 75.5 Å². The Morgan fingerprint density at radius 3 is 2.59 bits per heavy atom. The van der Waals surface area contributed by atoms with Crippen molar-refractivity contribution in [1.82, 2.24) is 10.2 Å². The van der Waals surface area contributed by atoms with Gasteiger partial charge in [0.05, 0.1) is 24.7 Å². The first kappa shape index (κ1) is 21.6. The van der Waals surface area contributed by atoms with Gasteiger partial charge >= 0.3 is 0 Å². The molecule has 3 heterocycles. The van der Waals surface area contributed by atoms with Crippen LogP contribution in [0.2, 0.25) is 0 Å². The Morgan fingerprint density at radius 2 is 1.96 bits per heavy atom. The Kier molecular flexibility index (Phi) is 6.96. The molecule has 1 saturated carbocycles. The molecular formula is C18H32IN3O4S. The van der Waals surface area contributed by atoms with Gasteiger partial charge in [0.15, 0.2) is 21.6 Å². The first-order valence-electron chi connectivity index (χ1n) is 9.98. The highest BCUT2D eigenvalue weighted by Crippen LogP contribution is 2.34. The maximum Gasteiger partial charge on any atom is 0.194 e. The smallest absolute Gasteiger partial charge is 0.194 e. The van der Waals surface area contributed by atoms with E-state index in [0.29, 0.717) is 37.5 Å². The summed E-state index contributed by atoms with van der Waals surface area (Å²) in [4.78, 5) is 7.17. The lowest BCUT2D eigenvalue weighted by atomic mass is 9.90. The first-order valence-corrected chi connectivity index (χ1v) is 11.8. The minimum Gasteiger partial charge on any atom is -0.354 e. The van der Waals surface area contributed by atoms with Gasteiger partial charge in [0.1, 0.15) is 0 Å². The molecule has 0 aromatic rings. The van der Waals surface area contributed by atoms with Crippen molar-refractivity contribution in [2.45, 2.75) is 50.9 Å². The Labute approximate surface area is 179 Å². The molecule has 0 amide bonds. The molecule has 0 aromatic carbocycles. The van der Waals surface area contributed by atoms with E-state index in [-0.39, 0.29) is 35.6 Å². The lowest BCUT2D eigenvalue weighted by Gasteiger charge is -2.41. The molecule has 7 nitrogen and oxygen atoms in total. The van der Waals surface area contributed by atoms with Crippen LogP contribution < -0.4 is 5.32 Å². The predicted octanol–water partition coefficient (Wildman–Crippen LogP) is 1.62. The number of likely N-dealkylation sites (tertiary alicyclic amines) is 1. The van der Waals surface area contributed by atoms with Gasteiger partial charge in [-0.15, -0.1) is 24.0 Å². The van der Waals surface area contributed by atoms with Crippen molar-refractivity contribution >= 4 is 39.8 Å². The van der Waals surface area contributed by atoms with Crippen LogP contribution in [0, 0.1) is 11.8 Å². The molecule has 3 aliphatic heterocycles. The summed E-state index contributed by atoms with van der Waals surface area (Å²) in [5.41, 5.74) is 0. The van der Waals surface area contributed by atoms with Gasteiger partial charge in [-0.2, -0.15) is 0 Å². The zero-order chi connectivity index (χ0) is 18.2. The number of nitrogens with zero attached hydrogens (tertiary/aromatic N) is 2. The molecule has 2 atom stereocenters. The first-order chi connectivity index (χ1) is 12.4. The second-order valence-electron chi connectivity index (χ2n) is 8.35. The van der Waals surface area contributed by atoms with Crippen LogP contribution in [0.5, 0.6) is 0 Å². The van der Waals surface area contributed by atoms with E-state index >= 15 is 0 Å². The van der Waals surface area contributed by atoms with Gasteiger partial charge in [0.25, 0.3) is 0 Å². The Hall–Kier alpha value is -0.130. The molecule has 0 aromatic heterocycles. The maximum atomic E-state index is 11.7. The summed E-state index contributed by atoms with van der Waals surface area (Å²) in [6.07, 6.45) is 5.32. The fourth-order valence-corrected chi connectivity index (χ4v) is 6.09. The molecule has 0 radical (unpaired) electrons. The molecule has 27 heavy (non-hydrogen) atoms. The second-order valence-corrected chi connectivity index (χ2v) is 10.6. The van der Waals surface area contributed by atoms with Crippen LogP contribution in [0.15, 0.2) is 4.99 Å². The molecule has 0 spiro atoms. The number of halogens is 1. The van der Waals surface area contributed by atoms with Gasteiger partial charge in [-0.1, -0.05) is 0 Å². The summed E-state index contributed by atoms with van der Waals surface area (Å²) < 4.78 is 35.2. The van der Waals surface area contributed by atoms with E-state index in [9.17, 15) is 8.42 Å². The van der Waals surface area contributed by atoms with E-state index in [4.69, 9.17) is 14.5 Å². The number of ether oxygens (including phenoxy) is 2. The van der Waals surface area contributed by atoms with E-state index in [1.165, 1.54) is 12.8 Å². The van der Waals surface area contributed by atoms with Crippen LogP contribution >= 0.6 is 24.0 Å². The number of nitrogens with one attached hydrogen (secondary N) is 1. The SMILES string of the molecule is CC1(C2CCCN(C(=NCC3CCS(=O)(=O)C3)NC3CC3)C2)OCCO1.I. The fraction of sp³-hybridized carbons (Fsp3) is 0.944. The van der Waals surface area contributed by atoms with Gasteiger partial charge in [-0.05, 0) is 44.9 Å². The van der Waals surface area contributed by atoms with Crippen LogP contribution in [0.25, 0.3) is 0 Å². The standard InChI is InChI=1S/C18H31N3O4S.HI/c1-18(24-8-9-25-18)15-3-2-7-21(12-15)17(20-16-4-5-16)19-11-14-6-10-26(22,23)13-14;/h14-16H,2-13H2,1H3,(H,19,20);1H. The maximum absolute atomic E-state index is 11.7. The third-order valence-electron chi connectivity index (χ3n) is 6.06. The molecule has 0 bridgehead atoms. The zero-order valence-corrected chi connectivity index (χ0v) is 19.2. The van der Waals surface area contributed by atoms with E-state index in [2.05, 4.69) is 17.1 Å². The molecule has 1 aliphatic carbocycles. The predicted molar refractivity (Wildman–Crippen MR) is 115 cm³/mol. The molecule has 156 valence electrons. The molecule has 9 heteroatoms. The third kappa shape index (κ3) is 5.48. The number of rotatable bonds is 4. The average molecular weight is 513 g/mol. The second kappa shape index (κ2) is 8.71. The van der Waals surface area contributed by atoms with E-state index in [1.54, 1.807) is 0 Å². The van der Waals surface area contributed by atoms with Crippen molar-refractivity contribution in [3.63, 3.8) is 0 Å². The van der Waals surface area contributed by atoms with Gasteiger partial charge in [-0.25, -0.2) is 8.42 Å². The van der Waals surface area contributed by atoms with Crippen molar-refractivity contribution in [1.29, 1.82) is 0 Å². The molecule has 4 fully saturated rings. The fourth-order valence-electron chi connectivity index (χ4n) is 4.24. The van der Waals surface area contributed by atoms with Crippen LogP contribution in [0.3, 0.4) is 0 Å². The zero-order valence-electron chi connectivity index (χ0n) is 16.1.